The van der Waals surface area contributed by atoms with Crippen LogP contribution >= 0.6 is 0 Å². The van der Waals surface area contributed by atoms with Gasteiger partial charge >= 0.3 is 0 Å². The summed E-state index contributed by atoms with van der Waals surface area (Å²) in [6.45, 7) is 5.54. The number of hydrogen-bond donors (Lipinski definition) is 3. The van der Waals surface area contributed by atoms with Gasteiger partial charge in [0, 0.05) is 30.2 Å². The fourth-order valence-corrected chi connectivity index (χ4v) is 2.89. The highest BCUT2D eigenvalue weighted by molar-refractivity contribution is 6.03. The Morgan fingerprint density at radius 3 is 2.31 bits per heavy atom. The Morgan fingerprint density at radius 2 is 1.66 bits per heavy atom. The maximum Gasteiger partial charge on any atom is 0.274 e. The molecule has 7 heteroatoms. The van der Waals surface area contributed by atoms with E-state index in [1.54, 1.807) is 36.5 Å². The molecule has 3 N–H and O–H groups in total. The molecule has 0 atom stereocenters. The van der Waals surface area contributed by atoms with E-state index < -0.39 is 0 Å². The molecule has 0 saturated carbocycles. The summed E-state index contributed by atoms with van der Waals surface area (Å²) in [6, 6.07) is 14.5. The first-order valence-electron chi connectivity index (χ1n) is 9.34. The molecule has 0 bridgehead atoms. The van der Waals surface area contributed by atoms with Gasteiger partial charge in [-0.2, -0.15) is 0 Å². The molecule has 0 aliphatic carbocycles. The SMILES string of the molecule is CCc1cccc(C)c1Nc1nccc(C(=O)Nc2ccc(NC(C)=O)cc2)n1. The second-order valence-corrected chi connectivity index (χ2v) is 6.57. The fourth-order valence-electron chi connectivity index (χ4n) is 2.89. The molecule has 0 unspecified atom stereocenters. The topological polar surface area (TPSA) is 96.0 Å². The van der Waals surface area contributed by atoms with Crippen molar-refractivity contribution in [3.05, 3.63) is 71.5 Å². The zero-order valence-corrected chi connectivity index (χ0v) is 16.6. The summed E-state index contributed by atoms with van der Waals surface area (Å²) in [5, 5.41) is 8.71. The van der Waals surface area contributed by atoms with Crippen molar-refractivity contribution in [2.45, 2.75) is 27.2 Å². The van der Waals surface area contributed by atoms with Gasteiger partial charge in [-0.3, -0.25) is 9.59 Å². The van der Waals surface area contributed by atoms with Crippen LogP contribution in [0, 0.1) is 6.92 Å². The Morgan fingerprint density at radius 1 is 0.966 bits per heavy atom. The molecule has 1 heterocycles. The molecule has 0 radical (unpaired) electrons. The Hall–Kier alpha value is -3.74. The Balaban J connectivity index is 1.74. The van der Waals surface area contributed by atoms with Crippen molar-refractivity contribution in [2.24, 2.45) is 0 Å². The van der Waals surface area contributed by atoms with Gasteiger partial charge in [-0.1, -0.05) is 25.1 Å². The summed E-state index contributed by atoms with van der Waals surface area (Å²) in [6.07, 6.45) is 2.42. The average molecular weight is 389 g/mol. The van der Waals surface area contributed by atoms with Gasteiger partial charge in [0.2, 0.25) is 11.9 Å². The molecule has 0 fully saturated rings. The van der Waals surface area contributed by atoms with E-state index >= 15 is 0 Å². The minimum absolute atomic E-state index is 0.150. The van der Waals surface area contributed by atoms with E-state index in [2.05, 4.69) is 38.9 Å². The number of para-hydroxylation sites is 1. The van der Waals surface area contributed by atoms with Gasteiger partial charge in [-0.15, -0.1) is 0 Å². The van der Waals surface area contributed by atoms with Gasteiger partial charge < -0.3 is 16.0 Å². The Labute approximate surface area is 169 Å². The Bertz CT molecular complexity index is 1030. The number of nitrogens with zero attached hydrogens (tertiary/aromatic N) is 2. The standard InChI is InChI=1S/C22H23N5O2/c1-4-16-7-5-6-14(2)20(16)27-22-23-13-12-19(26-22)21(29)25-18-10-8-17(9-11-18)24-15(3)28/h5-13H,4H2,1-3H3,(H,24,28)(H,25,29)(H,23,26,27). The first-order chi connectivity index (χ1) is 14.0. The van der Waals surface area contributed by atoms with Gasteiger partial charge in [0.15, 0.2) is 0 Å². The smallest absolute Gasteiger partial charge is 0.274 e. The summed E-state index contributed by atoms with van der Waals surface area (Å²) in [7, 11) is 0. The van der Waals surface area contributed by atoms with Gasteiger partial charge in [-0.05, 0) is 54.8 Å². The van der Waals surface area contributed by atoms with Crippen molar-refractivity contribution < 1.29 is 9.59 Å². The molecule has 1 aromatic heterocycles. The van der Waals surface area contributed by atoms with Crippen molar-refractivity contribution in [2.75, 3.05) is 16.0 Å². The minimum Gasteiger partial charge on any atom is -0.326 e. The van der Waals surface area contributed by atoms with Crippen LogP contribution in [0.1, 0.15) is 35.5 Å². The molecule has 2 aromatic carbocycles. The molecule has 3 rings (SSSR count). The number of aryl methyl sites for hydroxylation is 2. The van der Waals surface area contributed by atoms with Crippen LogP contribution < -0.4 is 16.0 Å². The quantitative estimate of drug-likeness (QED) is 0.584. The lowest BCUT2D eigenvalue weighted by Gasteiger charge is -2.13. The molecule has 0 aliphatic heterocycles. The molecule has 3 aromatic rings. The van der Waals surface area contributed by atoms with Crippen molar-refractivity contribution in [1.82, 2.24) is 9.97 Å². The first-order valence-corrected chi connectivity index (χ1v) is 9.34. The van der Waals surface area contributed by atoms with Crippen LogP contribution in [0.2, 0.25) is 0 Å². The second kappa shape index (κ2) is 8.97. The second-order valence-electron chi connectivity index (χ2n) is 6.57. The van der Waals surface area contributed by atoms with E-state index in [-0.39, 0.29) is 17.5 Å². The predicted molar refractivity (Wildman–Crippen MR) is 115 cm³/mol. The zero-order chi connectivity index (χ0) is 20.8. The van der Waals surface area contributed by atoms with E-state index in [1.165, 1.54) is 6.92 Å². The van der Waals surface area contributed by atoms with E-state index in [0.717, 1.165) is 23.2 Å². The summed E-state index contributed by atoms with van der Waals surface area (Å²) in [5.41, 5.74) is 4.71. The maximum atomic E-state index is 12.6. The molecular formula is C22H23N5O2. The number of nitrogens with one attached hydrogen (secondary N) is 3. The lowest BCUT2D eigenvalue weighted by atomic mass is 10.1. The zero-order valence-electron chi connectivity index (χ0n) is 16.6. The van der Waals surface area contributed by atoms with Crippen molar-refractivity contribution in [3.8, 4) is 0 Å². The summed E-state index contributed by atoms with van der Waals surface area (Å²) < 4.78 is 0. The third-order valence-corrected chi connectivity index (χ3v) is 4.33. The highest BCUT2D eigenvalue weighted by atomic mass is 16.2. The van der Waals surface area contributed by atoms with Gasteiger partial charge in [0.25, 0.3) is 5.91 Å². The van der Waals surface area contributed by atoms with Gasteiger partial charge in [0.05, 0.1) is 0 Å². The minimum atomic E-state index is -0.344. The van der Waals surface area contributed by atoms with Crippen LogP contribution in [0.25, 0.3) is 0 Å². The molecule has 29 heavy (non-hydrogen) atoms. The van der Waals surface area contributed by atoms with Crippen LogP contribution in [0.3, 0.4) is 0 Å². The molecule has 0 aliphatic rings. The van der Waals surface area contributed by atoms with Crippen molar-refractivity contribution in [3.63, 3.8) is 0 Å². The monoisotopic (exact) mass is 389 g/mol. The molecule has 0 spiro atoms. The van der Waals surface area contributed by atoms with Crippen LogP contribution in [-0.2, 0) is 11.2 Å². The number of anilines is 4. The van der Waals surface area contributed by atoms with E-state index in [0.29, 0.717) is 17.3 Å². The molecular weight excluding hydrogens is 366 g/mol. The first kappa shape index (κ1) is 20.0. The summed E-state index contributed by atoms with van der Waals surface area (Å²) in [4.78, 5) is 32.2. The fraction of sp³-hybridized carbons (Fsp3) is 0.182. The third-order valence-electron chi connectivity index (χ3n) is 4.33. The molecule has 148 valence electrons. The number of carbonyl (C=O) groups is 2. The molecule has 7 nitrogen and oxygen atoms in total. The average Bonchev–Trinajstić information content (AvgIpc) is 2.71. The third kappa shape index (κ3) is 5.16. The van der Waals surface area contributed by atoms with Crippen molar-refractivity contribution >= 4 is 34.8 Å². The largest absolute Gasteiger partial charge is 0.326 e. The normalized spacial score (nSPS) is 10.3. The van der Waals surface area contributed by atoms with Crippen LogP contribution in [0.4, 0.5) is 23.0 Å². The van der Waals surface area contributed by atoms with E-state index in [9.17, 15) is 9.59 Å². The van der Waals surface area contributed by atoms with Crippen molar-refractivity contribution in [1.29, 1.82) is 0 Å². The van der Waals surface area contributed by atoms with Gasteiger partial charge in [-0.25, -0.2) is 9.97 Å². The lowest BCUT2D eigenvalue weighted by Crippen LogP contribution is -2.15. The molecule has 0 saturated heterocycles. The lowest BCUT2D eigenvalue weighted by molar-refractivity contribution is -0.114. The number of carbonyl (C=O) groups excluding carboxylic acids is 2. The van der Waals surface area contributed by atoms with E-state index in [4.69, 9.17) is 0 Å². The Kier molecular flexibility index (Phi) is 6.19. The van der Waals surface area contributed by atoms with Gasteiger partial charge in [0.1, 0.15) is 5.69 Å². The summed E-state index contributed by atoms with van der Waals surface area (Å²) in [5.74, 6) is -0.131. The van der Waals surface area contributed by atoms with Crippen LogP contribution in [0.15, 0.2) is 54.7 Å². The van der Waals surface area contributed by atoms with Crippen LogP contribution in [0.5, 0.6) is 0 Å². The number of hydrogen-bond acceptors (Lipinski definition) is 5. The number of rotatable bonds is 6. The number of amides is 2. The molecule has 2 amide bonds. The maximum absolute atomic E-state index is 12.6. The van der Waals surface area contributed by atoms with E-state index in [1.807, 2.05) is 19.1 Å². The van der Waals surface area contributed by atoms with Crippen LogP contribution in [-0.4, -0.2) is 21.8 Å². The summed E-state index contributed by atoms with van der Waals surface area (Å²) >= 11 is 0. The highest BCUT2D eigenvalue weighted by Crippen LogP contribution is 2.24. The highest BCUT2D eigenvalue weighted by Gasteiger charge is 2.11. The predicted octanol–water partition coefficient (Wildman–Crippen LogP) is 4.30. The number of benzene rings is 2. The number of aromatic nitrogens is 2.